The van der Waals surface area contributed by atoms with Crippen molar-refractivity contribution in [3.05, 3.63) is 35.9 Å². The normalized spacial score (nSPS) is 34.7. The summed E-state index contributed by atoms with van der Waals surface area (Å²) in [6, 6.07) is 10.4. The van der Waals surface area contributed by atoms with Crippen LogP contribution in [0, 0.1) is 11.8 Å². The van der Waals surface area contributed by atoms with Gasteiger partial charge >= 0.3 is 5.97 Å². The molecule has 4 rings (SSSR count). The second-order valence-corrected chi connectivity index (χ2v) is 7.83. The molecule has 3 heteroatoms. The van der Waals surface area contributed by atoms with Gasteiger partial charge < -0.3 is 9.64 Å². The standard InChI is InChI=1S/C20H27NO2/c1-21-11-9-18(10-12-21)23-19(22)20(16-5-3-2-4-6-16)14-15-7-8-17(20)13-15/h2-6,15,17-18H,7-14H2,1H3. The van der Waals surface area contributed by atoms with E-state index in [0.717, 1.165) is 32.4 Å². The minimum atomic E-state index is -0.368. The molecule has 2 aliphatic carbocycles. The third-order valence-corrected chi connectivity index (χ3v) is 6.44. The van der Waals surface area contributed by atoms with E-state index in [9.17, 15) is 4.79 Å². The minimum absolute atomic E-state index is 0.0606. The average Bonchev–Trinajstić information content (AvgIpc) is 3.19. The molecule has 1 heterocycles. The summed E-state index contributed by atoms with van der Waals surface area (Å²) < 4.78 is 6.07. The second kappa shape index (κ2) is 5.94. The largest absolute Gasteiger partial charge is 0.462 e. The summed E-state index contributed by atoms with van der Waals surface area (Å²) in [6.07, 6.45) is 6.73. The van der Waals surface area contributed by atoms with Crippen LogP contribution < -0.4 is 0 Å². The number of esters is 1. The van der Waals surface area contributed by atoms with Crippen LogP contribution in [0.4, 0.5) is 0 Å². The highest BCUT2D eigenvalue weighted by Gasteiger charge is 2.57. The van der Waals surface area contributed by atoms with Gasteiger partial charge in [0.1, 0.15) is 6.10 Å². The van der Waals surface area contributed by atoms with Gasteiger partial charge in [-0.15, -0.1) is 0 Å². The SMILES string of the molecule is CN1CCC(OC(=O)C2(c3ccccc3)CC3CCC2C3)CC1. The highest BCUT2D eigenvalue weighted by Crippen LogP contribution is 2.57. The van der Waals surface area contributed by atoms with Crippen molar-refractivity contribution in [3.63, 3.8) is 0 Å². The second-order valence-electron chi connectivity index (χ2n) is 7.83. The average molecular weight is 313 g/mol. The number of fused-ring (bicyclic) bond motifs is 2. The molecule has 0 spiro atoms. The van der Waals surface area contributed by atoms with Crippen LogP contribution in [0.25, 0.3) is 0 Å². The van der Waals surface area contributed by atoms with Crippen molar-refractivity contribution in [1.29, 1.82) is 0 Å². The van der Waals surface area contributed by atoms with E-state index in [1.807, 2.05) is 6.07 Å². The number of nitrogens with zero attached hydrogens (tertiary/aromatic N) is 1. The summed E-state index contributed by atoms with van der Waals surface area (Å²) in [4.78, 5) is 15.6. The van der Waals surface area contributed by atoms with Gasteiger partial charge in [-0.25, -0.2) is 0 Å². The third kappa shape index (κ3) is 2.59. The van der Waals surface area contributed by atoms with Gasteiger partial charge in [0.2, 0.25) is 0 Å². The lowest BCUT2D eigenvalue weighted by Crippen LogP contribution is -2.45. The van der Waals surface area contributed by atoms with Crippen LogP contribution in [-0.4, -0.2) is 37.1 Å². The van der Waals surface area contributed by atoms with Crippen molar-refractivity contribution in [2.24, 2.45) is 11.8 Å². The quantitative estimate of drug-likeness (QED) is 0.801. The van der Waals surface area contributed by atoms with E-state index in [2.05, 4.69) is 36.2 Å². The molecule has 124 valence electrons. The Bertz CT molecular complexity index is 564. The lowest BCUT2D eigenvalue weighted by Gasteiger charge is -2.38. The molecule has 1 aromatic carbocycles. The fourth-order valence-electron chi connectivity index (χ4n) is 5.15. The van der Waals surface area contributed by atoms with Crippen molar-refractivity contribution in [2.45, 2.75) is 50.0 Å². The zero-order chi connectivity index (χ0) is 15.9. The van der Waals surface area contributed by atoms with Crippen LogP contribution in [0.3, 0.4) is 0 Å². The number of carbonyl (C=O) groups is 1. The molecular weight excluding hydrogens is 286 g/mol. The lowest BCUT2D eigenvalue weighted by atomic mass is 9.68. The lowest BCUT2D eigenvalue weighted by molar-refractivity contribution is -0.160. The molecule has 23 heavy (non-hydrogen) atoms. The molecule has 0 amide bonds. The predicted octanol–water partition coefficient (Wildman–Crippen LogP) is 3.38. The first-order chi connectivity index (χ1) is 11.2. The Balaban J connectivity index is 1.58. The van der Waals surface area contributed by atoms with Crippen molar-refractivity contribution in [1.82, 2.24) is 4.90 Å². The topological polar surface area (TPSA) is 29.5 Å². The van der Waals surface area contributed by atoms with E-state index in [4.69, 9.17) is 4.74 Å². The first-order valence-electron chi connectivity index (χ1n) is 9.13. The minimum Gasteiger partial charge on any atom is -0.462 e. The van der Waals surface area contributed by atoms with Gasteiger partial charge in [-0.1, -0.05) is 36.8 Å². The van der Waals surface area contributed by atoms with Gasteiger partial charge in [0.25, 0.3) is 0 Å². The van der Waals surface area contributed by atoms with Gasteiger partial charge in [-0.05, 0) is 56.6 Å². The molecule has 2 saturated carbocycles. The first kappa shape index (κ1) is 15.2. The Morgan fingerprint density at radius 3 is 2.48 bits per heavy atom. The smallest absolute Gasteiger partial charge is 0.317 e. The van der Waals surface area contributed by atoms with Crippen molar-refractivity contribution < 1.29 is 9.53 Å². The number of benzene rings is 1. The van der Waals surface area contributed by atoms with Gasteiger partial charge in [0, 0.05) is 13.1 Å². The molecule has 3 atom stereocenters. The Morgan fingerprint density at radius 2 is 1.87 bits per heavy atom. The number of likely N-dealkylation sites (tertiary alicyclic amines) is 1. The molecule has 3 unspecified atom stereocenters. The molecule has 1 saturated heterocycles. The summed E-state index contributed by atoms with van der Waals surface area (Å²) in [5, 5.41) is 0. The molecule has 0 radical (unpaired) electrons. The maximum absolute atomic E-state index is 13.3. The van der Waals surface area contributed by atoms with Crippen LogP contribution in [0.1, 0.15) is 44.1 Å². The Hall–Kier alpha value is -1.35. The maximum Gasteiger partial charge on any atom is 0.317 e. The van der Waals surface area contributed by atoms with Crippen LogP contribution in [0.5, 0.6) is 0 Å². The number of hydrogen-bond acceptors (Lipinski definition) is 3. The van der Waals surface area contributed by atoms with Crippen LogP contribution in [-0.2, 0) is 14.9 Å². The fraction of sp³-hybridized carbons (Fsp3) is 0.650. The summed E-state index contributed by atoms with van der Waals surface area (Å²) in [5.74, 6) is 1.25. The number of carbonyl (C=O) groups excluding carboxylic acids is 1. The maximum atomic E-state index is 13.3. The molecular formula is C20H27NO2. The summed E-state index contributed by atoms with van der Waals surface area (Å²) in [6.45, 7) is 2.06. The van der Waals surface area contributed by atoms with Crippen molar-refractivity contribution in [2.75, 3.05) is 20.1 Å². The van der Waals surface area contributed by atoms with E-state index in [1.165, 1.54) is 24.8 Å². The number of hydrogen-bond donors (Lipinski definition) is 0. The van der Waals surface area contributed by atoms with E-state index >= 15 is 0 Å². The number of ether oxygens (including phenoxy) is 1. The van der Waals surface area contributed by atoms with Crippen LogP contribution >= 0.6 is 0 Å². The van der Waals surface area contributed by atoms with Gasteiger partial charge in [0.05, 0.1) is 5.41 Å². The molecule has 2 bridgehead atoms. The van der Waals surface area contributed by atoms with Crippen molar-refractivity contribution in [3.8, 4) is 0 Å². The molecule has 3 fully saturated rings. The number of rotatable bonds is 3. The molecule has 1 aliphatic heterocycles. The van der Waals surface area contributed by atoms with E-state index in [1.54, 1.807) is 0 Å². The van der Waals surface area contributed by atoms with Gasteiger partial charge in [-0.2, -0.15) is 0 Å². The van der Waals surface area contributed by atoms with Crippen LogP contribution in [0.2, 0.25) is 0 Å². The predicted molar refractivity (Wildman–Crippen MR) is 90.2 cm³/mol. The molecule has 3 nitrogen and oxygen atoms in total. The van der Waals surface area contributed by atoms with Gasteiger partial charge in [0.15, 0.2) is 0 Å². The summed E-state index contributed by atoms with van der Waals surface area (Å²) >= 11 is 0. The molecule has 1 aromatic rings. The number of piperidine rings is 1. The highest BCUT2D eigenvalue weighted by molar-refractivity contribution is 5.84. The summed E-state index contributed by atoms with van der Waals surface area (Å²) in [7, 11) is 2.14. The molecule has 3 aliphatic rings. The molecule has 0 aromatic heterocycles. The zero-order valence-electron chi connectivity index (χ0n) is 14.0. The third-order valence-electron chi connectivity index (χ3n) is 6.44. The van der Waals surface area contributed by atoms with E-state index in [-0.39, 0.29) is 17.5 Å². The molecule has 0 N–H and O–H groups in total. The first-order valence-corrected chi connectivity index (χ1v) is 9.13. The Kier molecular flexibility index (Phi) is 3.92. The zero-order valence-corrected chi connectivity index (χ0v) is 14.0. The Labute approximate surface area is 139 Å². The van der Waals surface area contributed by atoms with E-state index in [0.29, 0.717) is 11.8 Å². The van der Waals surface area contributed by atoms with Crippen molar-refractivity contribution >= 4 is 5.97 Å². The van der Waals surface area contributed by atoms with Gasteiger partial charge in [-0.3, -0.25) is 4.79 Å². The summed E-state index contributed by atoms with van der Waals surface area (Å²) in [5.41, 5.74) is 0.818. The monoisotopic (exact) mass is 313 g/mol. The van der Waals surface area contributed by atoms with Crippen LogP contribution in [0.15, 0.2) is 30.3 Å². The Morgan fingerprint density at radius 1 is 1.13 bits per heavy atom. The fourth-order valence-corrected chi connectivity index (χ4v) is 5.15. The van der Waals surface area contributed by atoms with E-state index < -0.39 is 0 Å². The highest BCUT2D eigenvalue weighted by atomic mass is 16.5.